The van der Waals surface area contributed by atoms with Crippen molar-refractivity contribution in [1.82, 2.24) is 20.2 Å². The number of aryl methyl sites for hydroxylation is 1. The number of anilines is 1. The third-order valence-corrected chi connectivity index (χ3v) is 6.38. The summed E-state index contributed by atoms with van der Waals surface area (Å²) in [4.78, 5) is 23.7. The molecule has 1 atom stereocenters. The Morgan fingerprint density at radius 2 is 1.60 bits per heavy atom. The molecule has 0 bridgehead atoms. The van der Waals surface area contributed by atoms with Gasteiger partial charge in [-0.25, -0.2) is 9.97 Å². The number of ether oxygens (including phenoxy) is 2. The number of rotatable bonds is 10. The van der Waals surface area contributed by atoms with Crippen molar-refractivity contribution >= 4 is 22.6 Å². The molecular formula is C32H41N5O3. The van der Waals surface area contributed by atoms with Crippen molar-refractivity contribution in [2.45, 2.75) is 33.7 Å². The molecule has 0 spiro atoms. The number of fused-ring (bicyclic) bond motifs is 1. The van der Waals surface area contributed by atoms with Gasteiger partial charge in [0.05, 0.1) is 19.7 Å². The molecule has 1 amide bonds. The lowest BCUT2D eigenvalue weighted by atomic mass is 9.99. The summed E-state index contributed by atoms with van der Waals surface area (Å²) in [5, 5.41) is 7.37. The molecule has 8 nitrogen and oxygen atoms in total. The molecule has 40 heavy (non-hydrogen) atoms. The van der Waals surface area contributed by atoms with Crippen LogP contribution in [0.25, 0.3) is 22.0 Å². The molecular weight excluding hydrogens is 502 g/mol. The van der Waals surface area contributed by atoms with Gasteiger partial charge in [-0.15, -0.1) is 0 Å². The smallest absolute Gasteiger partial charge is 0.251 e. The van der Waals surface area contributed by atoms with Crippen LogP contribution >= 0.6 is 0 Å². The fraction of sp³-hybridized carbons (Fsp3) is 0.344. The molecule has 2 N–H and O–H groups in total. The highest BCUT2D eigenvalue weighted by atomic mass is 16.5. The third-order valence-electron chi connectivity index (χ3n) is 6.38. The number of benzene rings is 3. The molecule has 1 heterocycles. The molecule has 4 rings (SSSR count). The topological polar surface area (TPSA) is 88.6 Å². The summed E-state index contributed by atoms with van der Waals surface area (Å²) < 4.78 is 10.9. The normalized spacial score (nSPS) is 11.4. The first-order valence-electron chi connectivity index (χ1n) is 13.6. The number of aromatic nitrogens is 2. The SMILES string of the molecule is CC.COc1cc2nc(C)nc(N[C@H](C)c3cccc(-c4ccc(C(=O)NCCN(C)C)cc4)c3)c2cc1OC. The number of hydrogen-bond acceptors (Lipinski definition) is 7. The molecule has 0 aliphatic heterocycles. The number of hydrogen-bond donors (Lipinski definition) is 2. The number of amides is 1. The highest BCUT2D eigenvalue weighted by Crippen LogP contribution is 2.35. The van der Waals surface area contributed by atoms with Crippen molar-refractivity contribution in [3.8, 4) is 22.6 Å². The maximum absolute atomic E-state index is 12.4. The Hall–Kier alpha value is -4.17. The van der Waals surface area contributed by atoms with E-state index in [9.17, 15) is 4.79 Å². The molecule has 0 saturated heterocycles. The van der Waals surface area contributed by atoms with Gasteiger partial charge in [0.1, 0.15) is 11.6 Å². The van der Waals surface area contributed by atoms with Crippen molar-refractivity contribution in [2.24, 2.45) is 0 Å². The van der Waals surface area contributed by atoms with E-state index in [1.807, 2.05) is 82.2 Å². The molecule has 0 fully saturated rings. The lowest BCUT2D eigenvalue weighted by Gasteiger charge is -2.18. The van der Waals surface area contributed by atoms with Gasteiger partial charge in [-0.05, 0) is 68.9 Å². The lowest BCUT2D eigenvalue weighted by Crippen LogP contribution is -2.31. The minimum absolute atomic E-state index is 0.0257. The number of methoxy groups -OCH3 is 2. The second-order valence-electron chi connectivity index (χ2n) is 9.47. The fourth-order valence-corrected chi connectivity index (χ4v) is 4.27. The average molecular weight is 544 g/mol. The average Bonchev–Trinajstić information content (AvgIpc) is 2.97. The van der Waals surface area contributed by atoms with E-state index in [-0.39, 0.29) is 11.9 Å². The van der Waals surface area contributed by atoms with Crippen LogP contribution < -0.4 is 20.1 Å². The molecule has 8 heteroatoms. The van der Waals surface area contributed by atoms with Gasteiger partial charge in [0.25, 0.3) is 5.91 Å². The summed E-state index contributed by atoms with van der Waals surface area (Å²) in [5.41, 5.74) is 4.66. The number of nitrogens with zero attached hydrogens (tertiary/aromatic N) is 3. The Morgan fingerprint density at radius 3 is 2.25 bits per heavy atom. The second kappa shape index (κ2) is 14.3. The van der Waals surface area contributed by atoms with E-state index in [2.05, 4.69) is 45.7 Å². The highest BCUT2D eigenvalue weighted by Gasteiger charge is 2.15. The zero-order chi connectivity index (χ0) is 29.2. The van der Waals surface area contributed by atoms with Crippen molar-refractivity contribution in [2.75, 3.05) is 46.7 Å². The quantitative estimate of drug-likeness (QED) is 0.249. The Morgan fingerprint density at radius 1 is 0.925 bits per heavy atom. The molecule has 0 radical (unpaired) electrons. The minimum Gasteiger partial charge on any atom is -0.493 e. The fourth-order valence-electron chi connectivity index (χ4n) is 4.27. The first-order chi connectivity index (χ1) is 19.3. The van der Waals surface area contributed by atoms with E-state index in [1.165, 1.54) is 0 Å². The van der Waals surface area contributed by atoms with Crippen molar-refractivity contribution in [3.63, 3.8) is 0 Å². The monoisotopic (exact) mass is 543 g/mol. The molecule has 0 aliphatic rings. The summed E-state index contributed by atoms with van der Waals surface area (Å²) in [7, 11) is 7.19. The minimum atomic E-state index is -0.0633. The highest BCUT2D eigenvalue weighted by molar-refractivity contribution is 5.94. The number of nitrogens with one attached hydrogen (secondary N) is 2. The molecule has 0 saturated carbocycles. The molecule has 1 aromatic heterocycles. The van der Waals surface area contributed by atoms with Crippen LogP contribution in [0.5, 0.6) is 11.5 Å². The second-order valence-corrected chi connectivity index (χ2v) is 9.47. The van der Waals surface area contributed by atoms with Crippen molar-refractivity contribution < 1.29 is 14.3 Å². The summed E-state index contributed by atoms with van der Waals surface area (Å²) in [5.74, 6) is 2.59. The number of carbonyl (C=O) groups excluding carboxylic acids is 1. The Bertz CT molecular complexity index is 1420. The molecule has 0 unspecified atom stereocenters. The lowest BCUT2D eigenvalue weighted by molar-refractivity contribution is 0.0951. The summed E-state index contributed by atoms with van der Waals surface area (Å²) in [6, 6.07) is 19.8. The van der Waals surface area contributed by atoms with Crippen LogP contribution in [0.15, 0.2) is 60.7 Å². The maximum atomic E-state index is 12.4. The van der Waals surface area contributed by atoms with Gasteiger partial charge < -0.3 is 25.0 Å². The Balaban J connectivity index is 0.00000216. The van der Waals surface area contributed by atoms with Crippen molar-refractivity contribution in [3.05, 3.63) is 77.6 Å². The van der Waals surface area contributed by atoms with E-state index >= 15 is 0 Å². The largest absolute Gasteiger partial charge is 0.493 e. The predicted octanol–water partition coefficient (Wildman–Crippen LogP) is 6.11. The zero-order valence-electron chi connectivity index (χ0n) is 24.8. The summed E-state index contributed by atoms with van der Waals surface area (Å²) in [6.07, 6.45) is 0. The molecule has 212 valence electrons. The summed E-state index contributed by atoms with van der Waals surface area (Å²) >= 11 is 0. The van der Waals surface area contributed by atoms with Gasteiger partial charge in [0, 0.05) is 36.1 Å². The maximum Gasteiger partial charge on any atom is 0.251 e. The molecule has 3 aromatic carbocycles. The predicted molar refractivity (Wildman–Crippen MR) is 164 cm³/mol. The standard InChI is InChI=1S/C30H35N5O3.C2H6/c1-19(32-29-25-17-27(37-5)28(38-6)18-26(25)33-20(2)34-29)23-8-7-9-24(16-23)21-10-12-22(13-11-21)30(36)31-14-15-35(3)4;1-2/h7-13,16-19H,14-15H2,1-6H3,(H,31,36)(H,32,33,34);1-2H3/t19-;/m1./s1. The van der Waals surface area contributed by atoms with Crippen LogP contribution in [0, 0.1) is 6.92 Å². The first kappa shape index (κ1) is 30.4. The third kappa shape index (κ3) is 7.48. The van der Waals surface area contributed by atoms with E-state index in [0.717, 1.165) is 40.0 Å². The molecule has 0 aliphatic carbocycles. The van der Waals surface area contributed by atoms with Crippen LogP contribution in [0.1, 0.15) is 48.6 Å². The Kier molecular flexibility index (Phi) is 10.8. The van der Waals surface area contributed by atoms with Crippen LogP contribution in [0.3, 0.4) is 0 Å². The first-order valence-corrected chi connectivity index (χ1v) is 13.6. The van der Waals surface area contributed by atoms with Gasteiger partial charge in [-0.1, -0.05) is 44.2 Å². The number of carbonyl (C=O) groups is 1. The Labute approximate surface area is 237 Å². The van der Waals surface area contributed by atoms with E-state index in [4.69, 9.17) is 9.47 Å². The van der Waals surface area contributed by atoms with Gasteiger partial charge >= 0.3 is 0 Å². The summed E-state index contributed by atoms with van der Waals surface area (Å²) in [6.45, 7) is 9.39. The van der Waals surface area contributed by atoms with Gasteiger partial charge in [-0.2, -0.15) is 0 Å². The van der Waals surface area contributed by atoms with Gasteiger partial charge in [0.2, 0.25) is 0 Å². The molecule has 4 aromatic rings. The van der Waals surface area contributed by atoms with Crippen LogP contribution in [0.2, 0.25) is 0 Å². The van der Waals surface area contributed by atoms with Gasteiger partial charge in [-0.3, -0.25) is 4.79 Å². The number of likely N-dealkylation sites (N-methyl/N-ethyl adjacent to an activating group) is 1. The van der Waals surface area contributed by atoms with Crippen LogP contribution in [-0.4, -0.2) is 62.2 Å². The zero-order valence-corrected chi connectivity index (χ0v) is 24.8. The van der Waals surface area contributed by atoms with E-state index < -0.39 is 0 Å². The van der Waals surface area contributed by atoms with E-state index in [0.29, 0.717) is 29.4 Å². The van der Waals surface area contributed by atoms with Crippen LogP contribution in [-0.2, 0) is 0 Å². The van der Waals surface area contributed by atoms with E-state index in [1.54, 1.807) is 14.2 Å². The van der Waals surface area contributed by atoms with Crippen LogP contribution in [0.4, 0.5) is 5.82 Å². The van der Waals surface area contributed by atoms with Crippen molar-refractivity contribution in [1.29, 1.82) is 0 Å². The van der Waals surface area contributed by atoms with Gasteiger partial charge in [0.15, 0.2) is 11.5 Å².